The molecule has 13 heteroatoms. The summed E-state index contributed by atoms with van der Waals surface area (Å²) < 4.78 is 63.0. The summed E-state index contributed by atoms with van der Waals surface area (Å²) in [7, 11) is -6.39. The lowest BCUT2D eigenvalue weighted by atomic mass is 9.99. The molecular formula is C27H33N3O7S3. The molecular weight excluding hydrogens is 575 g/mol. The number of amides is 1. The van der Waals surface area contributed by atoms with Crippen LogP contribution in [0.2, 0.25) is 0 Å². The fourth-order valence-corrected chi connectivity index (χ4v) is 7.63. The third kappa shape index (κ3) is 6.18. The number of ether oxygens (including phenoxy) is 1. The second kappa shape index (κ2) is 11.9. The van der Waals surface area contributed by atoms with Crippen molar-refractivity contribution in [1.82, 2.24) is 9.21 Å². The van der Waals surface area contributed by atoms with Gasteiger partial charge in [0.2, 0.25) is 10.0 Å². The standard InChI is InChI=1S/C27H33N3O7S3/c1-18-10-12-21(13-11-18)40(35,36)29(4)16-24-19(2)15-30(20(3)17-31)27(32)22-7-5-8-23(26(22)37-24)28-39(33,34)25-9-6-14-38-25/h5-14,19-20,24,28,31H,15-17H2,1-4H3/t19-,20-,24-/m0/s1. The van der Waals surface area contributed by atoms with E-state index in [4.69, 9.17) is 4.74 Å². The van der Waals surface area contributed by atoms with Gasteiger partial charge in [0.05, 0.1) is 35.3 Å². The maximum absolute atomic E-state index is 13.6. The van der Waals surface area contributed by atoms with Crippen LogP contribution in [0.4, 0.5) is 5.69 Å². The van der Waals surface area contributed by atoms with Crippen molar-refractivity contribution in [3.63, 3.8) is 0 Å². The number of nitrogens with one attached hydrogen (secondary N) is 1. The summed E-state index contributed by atoms with van der Waals surface area (Å²) in [6.45, 7) is 5.23. The van der Waals surface area contributed by atoms with Crippen LogP contribution in [0.25, 0.3) is 0 Å². The lowest BCUT2D eigenvalue weighted by Crippen LogP contribution is -2.50. The maximum atomic E-state index is 13.6. The zero-order valence-electron chi connectivity index (χ0n) is 22.6. The Kier molecular flexibility index (Phi) is 8.90. The van der Waals surface area contributed by atoms with Crippen molar-refractivity contribution in [2.24, 2.45) is 5.92 Å². The van der Waals surface area contributed by atoms with Crippen LogP contribution in [-0.2, 0) is 20.0 Å². The highest BCUT2D eigenvalue weighted by Gasteiger charge is 2.36. The molecule has 0 unspecified atom stereocenters. The summed E-state index contributed by atoms with van der Waals surface area (Å²) in [6.07, 6.45) is -0.766. The van der Waals surface area contributed by atoms with Gasteiger partial charge in [0.15, 0.2) is 5.75 Å². The second-order valence-corrected chi connectivity index (χ2v) is 14.8. The number of anilines is 1. The van der Waals surface area contributed by atoms with Gasteiger partial charge < -0.3 is 14.7 Å². The van der Waals surface area contributed by atoms with Gasteiger partial charge in [0, 0.05) is 19.5 Å². The minimum Gasteiger partial charge on any atom is -0.486 e. The topological polar surface area (TPSA) is 133 Å². The molecule has 3 atom stereocenters. The first kappa shape index (κ1) is 30.0. The van der Waals surface area contributed by atoms with E-state index in [2.05, 4.69) is 4.72 Å². The van der Waals surface area contributed by atoms with Gasteiger partial charge in [0.1, 0.15) is 10.3 Å². The van der Waals surface area contributed by atoms with Crippen LogP contribution in [0, 0.1) is 12.8 Å². The predicted molar refractivity (Wildman–Crippen MR) is 154 cm³/mol. The van der Waals surface area contributed by atoms with E-state index < -0.39 is 38.1 Å². The fourth-order valence-electron chi connectivity index (χ4n) is 4.39. The molecule has 0 saturated carbocycles. The first-order valence-corrected chi connectivity index (χ1v) is 16.5. The Morgan fingerprint density at radius 2 is 1.82 bits per heavy atom. The van der Waals surface area contributed by atoms with Crippen molar-refractivity contribution in [3.05, 3.63) is 71.1 Å². The van der Waals surface area contributed by atoms with Crippen molar-refractivity contribution >= 4 is 43.0 Å². The van der Waals surface area contributed by atoms with E-state index in [1.54, 1.807) is 48.7 Å². The molecule has 1 aliphatic rings. The molecule has 0 saturated heterocycles. The van der Waals surface area contributed by atoms with Crippen molar-refractivity contribution in [1.29, 1.82) is 0 Å². The molecule has 10 nitrogen and oxygen atoms in total. The van der Waals surface area contributed by atoms with Gasteiger partial charge in [-0.2, -0.15) is 4.31 Å². The normalized spacial score (nSPS) is 18.9. The number of fused-ring (bicyclic) bond motifs is 1. The molecule has 0 aliphatic carbocycles. The lowest BCUT2D eigenvalue weighted by Gasteiger charge is -2.38. The Morgan fingerprint density at radius 3 is 2.45 bits per heavy atom. The molecule has 1 amide bonds. The third-order valence-electron chi connectivity index (χ3n) is 6.86. The Hall–Kier alpha value is -2.97. The minimum atomic E-state index is -3.98. The van der Waals surface area contributed by atoms with Gasteiger partial charge in [-0.25, -0.2) is 16.8 Å². The Bertz CT molecular complexity index is 1560. The van der Waals surface area contributed by atoms with Gasteiger partial charge in [-0.3, -0.25) is 9.52 Å². The third-order valence-corrected chi connectivity index (χ3v) is 11.5. The monoisotopic (exact) mass is 607 g/mol. The van der Waals surface area contributed by atoms with Gasteiger partial charge in [-0.15, -0.1) is 11.3 Å². The first-order valence-electron chi connectivity index (χ1n) is 12.7. The second-order valence-electron chi connectivity index (χ2n) is 9.94. The average Bonchev–Trinajstić information content (AvgIpc) is 3.47. The quantitative estimate of drug-likeness (QED) is 0.381. The van der Waals surface area contributed by atoms with E-state index in [1.165, 1.54) is 34.5 Å². The van der Waals surface area contributed by atoms with Crippen LogP contribution < -0.4 is 9.46 Å². The van der Waals surface area contributed by atoms with Crippen LogP contribution >= 0.6 is 11.3 Å². The summed E-state index contributed by atoms with van der Waals surface area (Å²) in [5.74, 6) is -0.816. The van der Waals surface area contributed by atoms with E-state index in [0.717, 1.165) is 16.9 Å². The summed E-state index contributed by atoms with van der Waals surface area (Å²) >= 11 is 1.05. The van der Waals surface area contributed by atoms with Crippen LogP contribution in [-0.4, -0.2) is 75.9 Å². The molecule has 0 fully saturated rings. The van der Waals surface area contributed by atoms with Crippen molar-refractivity contribution < 1.29 is 31.5 Å². The van der Waals surface area contributed by atoms with E-state index in [9.17, 15) is 26.7 Å². The molecule has 3 aromatic rings. The SMILES string of the molecule is Cc1ccc(S(=O)(=O)N(C)C[C@@H]2Oc3c(NS(=O)(=O)c4cccs4)cccc3C(=O)N([C@@H](C)CO)C[C@@H]2C)cc1. The number of aryl methyl sites for hydroxylation is 1. The number of aliphatic hydroxyl groups is 1. The van der Waals surface area contributed by atoms with Gasteiger partial charge in [-0.05, 0) is 49.6 Å². The van der Waals surface area contributed by atoms with E-state index in [-0.39, 0.29) is 51.7 Å². The highest BCUT2D eigenvalue weighted by molar-refractivity contribution is 7.94. The molecule has 0 radical (unpaired) electrons. The predicted octanol–water partition coefficient (Wildman–Crippen LogP) is 3.40. The number of nitrogens with zero attached hydrogens (tertiary/aromatic N) is 2. The van der Waals surface area contributed by atoms with Gasteiger partial charge >= 0.3 is 0 Å². The van der Waals surface area contributed by atoms with Crippen LogP contribution in [0.1, 0.15) is 29.8 Å². The van der Waals surface area contributed by atoms with E-state index >= 15 is 0 Å². The zero-order valence-corrected chi connectivity index (χ0v) is 25.1. The molecule has 1 aliphatic heterocycles. The van der Waals surface area contributed by atoms with Crippen LogP contribution in [0.5, 0.6) is 5.75 Å². The summed E-state index contributed by atoms with van der Waals surface area (Å²) in [6, 6.07) is 13.6. The van der Waals surface area contributed by atoms with Gasteiger partial charge in [-0.1, -0.05) is 36.8 Å². The molecule has 1 aromatic heterocycles. The zero-order chi connectivity index (χ0) is 29.2. The largest absolute Gasteiger partial charge is 0.486 e. The number of aliphatic hydroxyl groups excluding tert-OH is 1. The first-order chi connectivity index (χ1) is 18.8. The van der Waals surface area contributed by atoms with Crippen molar-refractivity contribution in [2.45, 2.75) is 42.0 Å². The molecule has 0 spiro atoms. The summed E-state index contributed by atoms with van der Waals surface area (Å²) in [5, 5.41) is 11.5. The molecule has 216 valence electrons. The Morgan fingerprint density at radius 1 is 1.12 bits per heavy atom. The lowest BCUT2D eigenvalue weighted by molar-refractivity contribution is 0.0389. The van der Waals surface area contributed by atoms with E-state index in [1.807, 2.05) is 13.8 Å². The maximum Gasteiger partial charge on any atom is 0.271 e. The van der Waals surface area contributed by atoms with Crippen LogP contribution in [0.15, 0.2) is 69.1 Å². The number of benzene rings is 2. The average molecular weight is 608 g/mol. The number of rotatable bonds is 9. The smallest absolute Gasteiger partial charge is 0.271 e. The number of thiophene rings is 1. The number of para-hydroxylation sites is 1. The number of carbonyl (C=O) groups excluding carboxylic acids is 1. The molecule has 2 heterocycles. The molecule has 4 rings (SSSR count). The van der Waals surface area contributed by atoms with Crippen molar-refractivity contribution in [2.75, 3.05) is 31.5 Å². The summed E-state index contributed by atoms with van der Waals surface area (Å²) in [5.41, 5.74) is 1.09. The Labute approximate surface area is 239 Å². The fraction of sp³-hybridized carbons (Fsp3) is 0.370. The molecule has 2 N–H and O–H groups in total. The van der Waals surface area contributed by atoms with Gasteiger partial charge in [0.25, 0.3) is 15.9 Å². The van der Waals surface area contributed by atoms with Crippen LogP contribution in [0.3, 0.4) is 0 Å². The highest BCUT2D eigenvalue weighted by atomic mass is 32.2. The Balaban J connectivity index is 1.75. The molecule has 40 heavy (non-hydrogen) atoms. The van der Waals surface area contributed by atoms with Crippen molar-refractivity contribution in [3.8, 4) is 5.75 Å². The number of sulfonamides is 2. The summed E-state index contributed by atoms with van der Waals surface area (Å²) in [4.78, 5) is 15.3. The number of hydrogen-bond acceptors (Lipinski definition) is 8. The number of hydrogen-bond donors (Lipinski definition) is 2. The molecule has 2 aromatic carbocycles. The minimum absolute atomic E-state index is 0.000421. The molecule has 0 bridgehead atoms. The number of carbonyl (C=O) groups is 1. The number of likely N-dealkylation sites (N-methyl/N-ethyl adjacent to an activating group) is 1. The van der Waals surface area contributed by atoms with E-state index in [0.29, 0.717) is 0 Å². The highest BCUT2D eigenvalue weighted by Crippen LogP contribution is 2.36.